The first-order chi connectivity index (χ1) is 17.4. The second-order valence-electron chi connectivity index (χ2n) is 7.41. The third-order valence-electron chi connectivity index (χ3n) is 4.96. The van der Waals surface area contributed by atoms with E-state index >= 15 is 0 Å². The van der Waals surface area contributed by atoms with E-state index in [1.165, 1.54) is 23.0 Å². The van der Waals surface area contributed by atoms with Gasteiger partial charge in [0.25, 0.3) is 0 Å². The average Bonchev–Trinajstić information content (AvgIpc) is 3.27. The Labute approximate surface area is 221 Å². The number of nitrogens with one attached hydrogen (secondary N) is 1. The van der Waals surface area contributed by atoms with Crippen molar-refractivity contribution in [3.05, 3.63) is 97.4 Å². The number of halogens is 3. The number of carbonyl (C=O) groups is 1. The van der Waals surface area contributed by atoms with E-state index in [1.807, 2.05) is 30.3 Å². The van der Waals surface area contributed by atoms with Crippen molar-refractivity contribution in [3.63, 3.8) is 0 Å². The van der Waals surface area contributed by atoms with Crippen molar-refractivity contribution in [3.8, 4) is 17.4 Å². The van der Waals surface area contributed by atoms with Gasteiger partial charge in [-0.3, -0.25) is 5.32 Å². The summed E-state index contributed by atoms with van der Waals surface area (Å²) < 4.78 is 12.6. The van der Waals surface area contributed by atoms with Gasteiger partial charge in [0.05, 0.1) is 15.9 Å². The number of hydrogen-bond donors (Lipinski definition) is 1. The fourth-order valence-corrected chi connectivity index (χ4v) is 4.47. The van der Waals surface area contributed by atoms with Crippen LogP contribution in [-0.2, 0) is 11.3 Å². The molecule has 5 rings (SSSR count). The molecule has 9 nitrogen and oxygen atoms in total. The molecule has 0 bridgehead atoms. The number of amides is 1. The predicted molar refractivity (Wildman–Crippen MR) is 139 cm³/mol. The van der Waals surface area contributed by atoms with Gasteiger partial charge in [0, 0.05) is 21.8 Å². The SMILES string of the molecule is O=C(Nc1cc(-c2nc3c(Br)cc(Cl)cc3c(=O)o2)n(-c2ncccc2Cl)n1)OCc1ccccc1. The lowest BCUT2D eigenvalue weighted by Gasteiger charge is -2.08. The summed E-state index contributed by atoms with van der Waals surface area (Å²) in [7, 11) is 0. The molecule has 0 saturated carbocycles. The molecule has 12 heteroatoms. The Morgan fingerprint density at radius 1 is 1.11 bits per heavy atom. The number of rotatable bonds is 5. The Hall–Kier alpha value is -3.73. The van der Waals surface area contributed by atoms with Crippen molar-refractivity contribution in [2.75, 3.05) is 5.32 Å². The van der Waals surface area contributed by atoms with Gasteiger partial charge in [-0.2, -0.15) is 0 Å². The van der Waals surface area contributed by atoms with Gasteiger partial charge < -0.3 is 9.15 Å². The molecule has 0 aliphatic heterocycles. The third-order valence-corrected chi connectivity index (χ3v) is 6.08. The predicted octanol–water partition coefficient (Wildman–Crippen LogP) is 6.25. The van der Waals surface area contributed by atoms with Gasteiger partial charge in [0.2, 0.25) is 5.89 Å². The number of fused-ring (bicyclic) bond motifs is 1. The zero-order chi connectivity index (χ0) is 25.2. The maximum absolute atomic E-state index is 12.7. The standard InChI is InChI=1S/C24H14BrCl2N5O4/c25-16-10-14(26)9-15-20(16)30-22(36-23(15)33)18-11-19(31-32(18)21-17(27)7-4-8-28-21)29-24(34)35-12-13-5-2-1-3-6-13/h1-11H,12H2,(H,29,31,34). The Morgan fingerprint density at radius 2 is 1.92 bits per heavy atom. The molecule has 36 heavy (non-hydrogen) atoms. The lowest BCUT2D eigenvalue weighted by atomic mass is 10.2. The summed E-state index contributed by atoms with van der Waals surface area (Å²) in [5.74, 6) is 0.263. The lowest BCUT2D eigenvalue weighted by molar-refractivity contribution is 0.155. The highest BCUT2D eigenvalue weighted by Gasteiger charge is 2.21. The van der Waals surface area contributed by atoms with Crippen molar-refractivity contribution in [2.24, 2.45) is 0 Å². The molecule has 3 aromatic heterocycles. The summed E-state index contributed by atoms with van der Waals surface area (Å²) in [6.07, 6.45) is 0.795. The van der Waals surface area contributed by atoms with Gasteiger partial charge >= 0.3 is 11.7 Å². The van der Waals surface area contributed by atoms with Crippen LogP contribution in [0.25, 0.3) is 28.3 Å². The molecular formula is C24H14BrCl2N5O4. The fourth-order valence-electron chi connectivity index (χ4n) is 3.36. The molecule has 0 saturated heterocycles. The Kier molecular flexibility index (Phi) is 6.73. The first-order valence-electron chi connectivity index (χ1n) is 10.4. The Morgan fingerprint density at radius 3 is 2.69 bits per heavy atom. The zero-order valence-corrected chi connectivity index (χ0v) is 21.2. The van der Waals surface area contributed by atoms with Crippen LogP contribution in [0.15, 0.2) is 80.5 Å². The molecule has 0 atom stereocenters. The van der Waals surface area contributed by atoms with E-state index in [2.05, 4.69) is 36.3 Å². The van der Waals surface area contributed by atoms with Crippen LogP contribution in [0.4, 0.5) is 10.6 Å². The van der Waals surface area contributed by atoms with Gasteiger partial charge in [-0.25, -0.2) is 24.2 Å². The Balaban J connectivity index is 1.55. The topological polar surface area (TPSA) is 112 Å². The largest absolute Gasteiger partial charge is 0.444 e. The monoisotopic (exact) mass is 585 g/mol. The zero-order valence-electron chi connectivity index (χ0n) is 18.1. The first-order valence-corrected chi connectivity index (χ1v) is 11.9. The third kappa shape index (κ3) is 4.97. The summed E-state index contributed by atoms with van der Waals surface area (Å²) in [5.41, 5.74) is 0.721. The van der Waals surface area contributed by atoms with E-state index in [1.54, 1.807) is 18.2 Å². The lowest BCUT2D eigenvalue weighted by Crippen LogP contribution is -2.14. The quantitative estimate of drug-likeness (QED) is 0.259. The van der Waals surface area contributed by atoms with Gasteiger partial charge in [0.1, 0.15) is 12.3 Å². The van der Waals surface area contributed by atoms with Gasteiger partial charge in [-0.15, -0.1) is 5.10 Å². The number of nitrogens with zero attached hydrogens (tertiary/aromatic N) is 4. The summed E-state index contributed by atoms with van der Waals surface area (Å²) in [6, 6.07) is 17.1. The van der Waals surface area contributed by atoms with E-state index in [-0.39, 0.29) is 40.2 Å². The minimum atomic E-state index is -0.729. The van der Waals surface area contributed by atoms with Crippen LogP contribution in [0, 0.1) is 0 Å². The van der Waals surface area contributed by atoms with Gasteiger partial charge in [-0.1, -0.05) is 53.5 Å². The number of benzene rings is 2. The minimum Gasteiger partial charge on any atom is -0.444 e. The molecule has 1 amide bonds. The fraction of sp³-hybridized carbons (Fsp3) is 0.0417. The van der Waals surface area contributed by atoms with E-state index in [9.17, 15) is 9.59 Å². The summed E-state index contributed by atoms with van der Waals surface area (Å²) >= 11 is 15.8. The molecule has 0 spiro atoms. The van der Waals surface area contributed by atoms with Crippen LogP contribution in [-0.4, -0.2) is 25.8 Å². The van der Waals surface area contributed by atoms with E-state index in [0.717, 1.165) is 5.56 Å². The molecule has 3 heterocycles. The van der Waals surface area contributed by atoms with E-state index < -0.39 is 11.7 Å². The van der Waals surface area contributed by atoms with Crippen molar-refractivity contribution in [1.82, 2.24) is 19.7 Å². The van der Waals surface area contributed by atoms with Crippen LogP contribution in [0.1, 0.15) is 5.56 Å². The molecule has 0 aliphatic rings. The molecule has 1 N–H and O–H groups in total. The normalized spacial score (nSPS) is 11.0. The highest BCUT2D eigenvalue weighted by Crippen LogP contribution is 2.30. The van der Waals surface area contributed by atoms with E-state index in [4.69, 9.17) is 32.4 Å². The second-order valence-corrected chi connectivity index (χ2v) is 9.11. The van der Waals surface area contributed by atoms with Gasteiger partial charge in [-0.05, 0) is 45.8 Å². The Bertz CT molecular complexity index is 1660. The minimum absolute atomic E-state index is 0.0734. The number of pyridine rings is 1. The first kappa shape index (κ1) is 24.0. The molecule has 0 aliphatic carbocycles. The van der Waals surface area contributed by atoms with Crippen molar-refractivity contribution in [1.29, 1.82) is 0 Å². The molecule has 0 radical (unpaired) electrons. The smallest absolute Gasteiger partial charge is 0.413 e. The van der Waals surface area contributed by atoms with Crippen LogP contribution in [0.2, 0.25) is 10.0 Å². The van der Waals surface area contributed by atoms with Crippen LogP contribution in [0.3, 0.4) is 0 Å². The van der Waals surface area contributed by atoms with Crippen LogP contribution >= 0.6 is 39.1 Å². The summed E-state index contributed by atoms with van der Waals surface area (Å²) in [6.45, 7) is 0.0734. The highest BCUT2D eigenvalue weighted by atomic mass is 79.9. The summed E-state index contributed by atoms with van der Waals surface area (Å²) in [5, 5.41) is 7.77. The average molecular weight is 587 g/mol. The number of carbonyl (C=O) groups excluding carboxylic acids is 1. The number of anilines is 1. The maximum Gasteiger partial charge on any atom is 0.413 e. The number of ether oxygens (including phenoxy) is 1. The second kappa shape index (κ2) is 10.1. The number of hydrogen-bond acceptors (Lipinski definition) is 7. The highest BCUT2D eigenvalue weighted by molar-refractivity contribution is 9.10. The van der Waals surface area contributed by atoms with Crippen molar-refractivity contribution in [2.45, 2.75) is 6.61 Å². The molecule has 0 unspecified atom stereocenters. The molecular weight excluding hydrogens is 573 g/mol. The van der Waals surface area contributed by atoms with Gasteiger partial charge in [0.15, 0.2) is 11.6 Å². The number of aromatic nitrogens is 4. The summed E-state index contributed by atoms with van der Waals surface area (Å²) in [4.78, 5) is 33.9. The molecule has 0 fully saturated rings. The van der Waals surface area contributed by atoms with E-state index in [0.29, 0.717) is 15.0 Å². The molecule has 5 aromatic rings. The molecule has 2 aromatic carbocycles. The molecule has 180 valence electrons. The van der Waals surface area contributed by atoms with Crippen molar-refractivity contribution < 1.29 is 13.9 Å². The van der Waals surface area contributed by atoms with Crippen LogP contribution in [0.5, 0.6) is 0 Å². The maximum atomic E-state index is 12.7. The van der Waals surface area contributed by atoms with Crippen LogP contribution < -0.4 is 10.9 Å². The van der Waals surface area contributed by atoms with Crippen molar-refractivity contribution >= 4 is 61.9 Å².